The zero-order chi connectivity index (χ0) is 13.0. The molecule has 0 saturated heterocycles. The molecule has 0 bridgehead atoms. The van der Waals surface area contributed by atoms with Crippen molar-refractivity contribution in [3.05, 3.63) is 46.5 Å². The molecule has 0 heterocycles. The van der Waals surface area contributed by atoms with Crippen molar-refractivity contribution in [1.29, 1.82) is 0 Å². The monoisotopic (exact) mass is 264 g/mol. The van der Waals surface area contributed by atoms with Crippen molar-refractivity contribution in [3.63, 3.8) is 0 Å². The molecule has 1 aromatic rings. The normalized spacial score (nSPS) is 22.1. The summed E-state index contributed by atoms with van der Waals surface area (Å²) in [6, 6.07) is 7.81. The second kappa shape index (κ2) is 6.05. The molecule has 0 amide bonds. The zero-order valence-electron chi connectivity index (χ0n) is 10.2. The highest BCUT2D eigenvalue weighted by molar-refractivity contribution is 6.31. The smallest absolute Gasteiger partial charge is 0.328 e. The first-order chi connectivity index (χ1) is 8.66. The van der Waals surface area contributed by atoms with Gasteiger partial charge in [0.25, 0.3) is 0 Å². The van der Waals surface area contributed by atoms with Gasteiger partial charge in [0, 0.05) is 11.1 Å². The van der Waals surface area contributed by atoms with Crippen LogP contribution in [0.25, 0.3) is 0 Å². The van der Waals surface area contributed by atoms with Crippen molar-refractivity contribution in [3.8, 4) is 0 Å². The molecule has 0 spiro atoms. The Kier molecular flexibility index (Phi) is 4.43. The number of aliphatic carboxylic acids is 1. The number of carboxylic acids is 1. The number of benzene rings is 1. The molecular formula is C15H17ClO2. The lowest BCUT2D eigenvalue weighted by Gasteiger charge is -2.25. The predicted molar refractivity (Wildman–Crippen MR) is 72.8 cm³/mol. The molecule has 1 fully saturated rings. The largest absolute Gasteiger partial charge is 0.478 e. The summed E-state index contributed by atoms with van der Waals surface area (Å²) in [4.78, 5) is 10.8. The van der Waals surface area contributed by atoms with Crippen molar-refractivity contribution in [2.75, 3.05) is 0 Å². The average Bonchev–Trinajstić information content (AvgIpc) is 2.34. The first-order valence-electron chi connectivity index (χ1n) is 6.33. The molecule has 18 heavy (non-hydrogen) atoms. The highest BCUT2D eigenvalue weighted by Crippen LogP contribution is 2.33. The highest BCUT2D eigenvalue weighted by atomic mass is 35.5. The molecule has 1 atom stereocenters. The Labute approximate surface area is 112 Å². The van der Waals surface area contributed by atoms with Gasteiger partial charge in [-0.15, -0.1) is 0 Å². The number of allylic oxidation sites excluding steroid dienone is 1. The summed E-state index contributed by atoms with van der Waals surface area (Å²) in [7, 11) is 0. The van der Waals surface area contributed by atoms with Crippen molar-refractivity contribution >= 4 is 17.6 Å². The van der Waals surface area contributed by atoms with Crippen LogP contribution >= 0.6 is 11.6 Å². The number of carbonyl (C=O) groups is 1. The van der Waals surface area contributed by atoms with E-state index < -0.39 is 5.97 Å². The summed E-state index contributed by atoms with van der Waals surface area (Å²) < 4.78 is 0. The van der Waals surface area contributed by atoms with E-state index >= 15 is 0 Å². The van der Waals surface area contributed by atoms with Crippen LogP contribution in [0.15, 0.2) is 35.9 Å². The van der Waals surface area contributed by atoms with Gasteiger partial charge in [-0.3, -0.25) is 0 Å². The summed E-state index contributed by atoms with van der Waals surface area (Å²) in [5, 5.41) is 9.68. The van der Waals surface area contributed by atoms with Crippen LogP contribution in [0.1, 0.15) is 31.2 Å². The maximum absolute atomic E-state index is 10.8. The maximum Gasteiger partial charge on any atom is 0.328 e. The predicted octanol–water partition coefficient (Wildman–Crippen LogP) is 4.08. The van der Waals surface area contributed by atoms with E-state index in [0.717, 1.165) is 41.8 Å². The van der Waals surface area contributed by atoms with E-state index in [-0.39, 0.29) is 0 Å². The Morgan fingerprint density at radius 2 is 2.17 bits per heavy atom. The molecule has 3 heteroatoms. The fourth-order valence-corrected chi connectivity index (χ4v) is 2.83. The van der Waals surface area contributed by atoms with Crippen LogP contribution in [0.4, 0.5) is 0 Å². The summed E-state index contributed by atoms with van der Waals surface area (Å²) in [5.41, 5.74) is 2.18. The second-order valence-electron chi connectivity index (χ2n) is 4.80. The van der Waals surface area contributed by atoms with Gasteiger partial charge < -0.3 is 5.11 Å². The number of rotatable bonds is 3. The summed E-state index contributed by atoms with van der Waals surface area (Å²) in [6.07, 6.45) is 6.47. The van der Waals surface area contributed by atoms with Gasteiger partial charge in [0.15, 0.2) is 0 Å². The van der Waals surface area contributed by atoms with E-state index in [4.69, 9.17) is 16.7 Å². The number of halogens is 1. The van der Waals surface area contributed by atoms with E-state index in [2.05, 4.69) is 0 Å². The quantitative estimate of drug-likeness (QED) is 0.835. The van der Waals surface area contributed by atoms with Gasteiger partial charge in [-0.2, -0.15) is 0 Å². The number of hydrogen-bond acceptors (Lipinski definition) is 1. The molecular weight excluding hydrogens is 248 g/mol. The Hall–Kier alpha value is -1.28. The minimum Gasteiger partial charge on any atom is -0.478 e. The second-order valence-corrected chi connectivity index (χ2v) is 5.20. The topological polar surface area (TPSA) is 37.3 Å². The lowest BCUT2D eigenvalue weighted by atomic mass is 9.80. The molecule has 1 aliphatic rings. The van der Waals surface area contributed by atoms with Crippen LogP contribution in [0.2, 0.25) is 5.02 Å². The molecule has 0 unspecified atom stereocenters. The fraction of sp³-hybridized carbons (Fsp3) is 0.400. The van der Waals surface area contributed by atoms with Gasteiger partial charge >= 0.3 is 5.97 Å². The minimum atomic E-state index is -0.837. The van der Waals surface area contributed by atoms with Gasteiger partial charge in [0.05, 0.1) is 0 Å². The Morgan fingerprint density at radius 1 is 1.39 bits per heavy atom. The zero-order valence-corrected chi connectivity index (χ0v) is 11.0. The molecule has 1 aliphatic carbocycles. The van der Waals surface area contributed by atoms with Crippen LogP contribution in [-0.2, 0) is 11.2 Å². The third-order valence-electron chi connectivity index (χ3n) is 3.53. The lowest BCUT2D eigenvalue weighted by molar-refractivity contribution is -0.131. The van der Waals surface area contributed by atoms with Crippen LogP contribution in [0, 0.1) is 5.92 Å². The number of hydrogen-bond donors (Lipinski definition) is 1. The van der Waals surface area contributed by atoms with Crippen molar-refractivity contribution < 1.29 is 9.90 Å². The lowest BCUT2D eigenvalue weighted by Crippen LogP contribution is -2.14. The van der Waals surface area contributed by atoms with Gasteiger partial charge in [0.1, 0.15) is 0 Å². The van der Waals surface area contributed by atoms with E-state index in [1.807, 2.05) is 24.3 Å². The SMILES string of the molecule is O=C(O)C=C1CCCC[C@H]1Cc1ccccc1Cl. The van der Waals surface area contributed by atoms with Gasteiger partial charge in [0.2, 0.25) is 0 Å². The number of carboxylic acid groups (broad SMARTS) is 1. The van der Waals surface area contributed by atoms with Gasteiger partial charge in [-0.05, 0) is 43.2 Å². The first kappa shape index (κ1) is 13.2. The highest BCUT2D eigenvalue weighted by Gasteiger charge is 2.20. The summed E-state index contributed by atoms with van der Waals surface area (Å²) >= 11 is 6.16. The minimum absolute atomic E-state index is 0.328. The first-order valence-corrected chi connectivity index (χ1v) is 6.71. The molecule has 0 radical (unpaired) electrons. The van der Waals surface area contributed by atoms with Gasteiger partial charge in [-0.25, -0.2) is 4.79 Å². The fourth-order valence-electron chi connectivity index (χ4n) is 2.62. The molecule has 96 valence electrons. The third-order valence-corrected chi connectivity index (χ3v) is 3.89. The van der Waals surface area contributed by atoms with Crippen molar-refractivity contribution in [2.24, 2.45) is 5.92 Å². The van der Waals surface area contributed by atoms with E-state index in [1.165, 1.54) is 12.5 Å². The molecule has 0 aromatic heterocycles. The summed E-state index contributed by atoms with van der Waals surface area (Å²) in [5.74, 6) is -0.509. The van der Waals surface area contributed by atoms with Crippen molar-refractivity contribution in [1.82, 2.24) is 0 Å². The molecule has 1 aromatic carbocycles. The van der Waals surface area contributed by atoms with Crippen LogP contribution < -0.4 is 0 Å². The maximum atomic E-state index is 10.8. The van der Waals surface area contributed by atoms with Crippen LogP contribution in [-0.4, -0.2) is 11.1 Å². The van der Waals surface area contributed by atoms with E-state index in [9.17, 15) is 4.79 Å². The van der Waals surface area contributed by atoms with E-state index in [1.54, 1.807) is 0 Å². The Bertz CT molecular complexity index is 465. The third kappa shape index (κ3) is 3.36. The molecule has 2 rings (SSSR count). The van der Waals surface area contributed by atoms with Crippen LogP contribution in [0.3, 0.4) is 0 Å². The molecule has 1 saturated carbocycles. The molecule has 1 N–H and O–H groups in total. The van der Waals surface area contributed by atoms with E-state index in [0.29, 0.717) is 5.92 Å². The molecule has 0 aliphatic heterocycles. The Balaban J connectivity index is 2.15. The standard InChI is InChI=1S/C15H17ClO2/c16-14-8-4-3-7-13(14)9-11-5-1-2-6-12(11)10-15(17)18/h3-4,7-8,10-11H,1-2,5-6,9H2,(H,17,18)/t11-/m0/s1. The average molecular weight is 265 g/mol. The Morgan fingerprint density at radius 3 is 2.89 bits per heavy atom. The van der Waals surface area contributed by atoms with Crippen molar-refractivity contribution in [2.45, 2.75) is 32.1 Å². The van der Waals surface area contributed by atoms with Gasteiger partial charge in [-0.1, -0.05) is 41.8 Å². The summed E-state index contributed by atoms with van der Waals surface area (Å²) in [6.45, 7) is 0. The molecule has 2 nitrogen and oxygen atoms in total. The van der Waals surface area contributed by atoms with Crippen LogP contribution in [0.5, 0.6) is 0 Å².